The van der Waals surface area contributed by atoms with Crippen LogP contribution in [0.25, 0.3) is 5.69 Å². The molecular weight excluding hydrogens is 335 g/mol. The molecule has 0 bridgehead atoms. The van der Waals surface area contributed by atoms with E-state index < -0.39 is 23.2 Å². The number of nitrogens with one attached hydrogen (secondary N) is 2. The van der Waals surface area contributed by atoms with E-state index in [1.165, 1.54) is 18.3 Å². The molecule has 25 heavy (non-hydrogen) atoms. The molecule has 1 amide bonds. The van der Waals surface area contributed by atoms with Crippen LogP contribution in [0.15, 0.2) is 65.6 Å². The second-order valence-electron chi connectivity index (χ2n) is 5.20. The molecule has 0 unspecified atom stereocenters. The van der Waals surface area contributed by atoms with E-state index in [0.717, 1.165) is 16.8 Å². The lowest BCUT2D eigenvalue weighted by Gasteiger charge is -2.08. The number of H-pyrrole nitrogens is 1. The summed E-state index contributed by atoms with van der Waals surface area (Å²) >= 11 is 0. The van der Waals surface area contributed by atoms with Gasteiger partial charge in [0.05, 0.1) is 11.3 Å². The van der Waals surface area contributed by atoms with Crippen molar-refractivity contribution < 1.29 is 18.0 Å². The molecule has 5 nitrogen and oxygen atoms in total. The zero-order chi connectivity index (χ0) is 18.0. The largest absolute Gasteiger partial charge is 0.416 e. The maximum atomic E-state index is 12.8. The number of rotatable bonds is 3. The van der Waals surface area contributed by atoms with Crippen molar-refractivity contribution in [2.24, 2.45) is 0 Å². The summed E-state index contributed by atoms with van der Waals surface area (Å²) in [6.07, 6.45) is -3.29. The summed E-state index contributed by atoms with van der Waals surface area (Å²) in [6.45, 7) is 0. The number of aromatic amines is 1. The number of nitrogens with zero attached hydrogens (tertiary/aromatic N) is 1. The van der Waals surface area contributed by atoms with Crippen LogP contribution in [0, 0.1) is 0 Å². The maximum Gasteiger partial charge on any atom is 0.416 e. The minimum Gasteiger partial charge on any atom is -0.316 e. The molecule has 0 atom stereocenters. The normalized spacial score (nSPS) is 11.3. The number of halogens is 3. The Kier molecular flexibility index (Phi) is 4.18. The zero-order valence-electron chi connectivity index (χ0n) is 12.7. The van der Waals surface area contributed by atoms with Crippen LogP contribution in [0.1, 0.15) is 15.9 Å². The topological polar surface area (TPSA) is 66.9 Å². The molecule has 0 fully saturated rings. The number of aromatic nitrogens is 2. The highest BCUT2D eigenvalue weighted by Crippen LogP contribution is 2.30. The van der Waals surface area contributed by atoms with Crippen LogP contribution < -0.4 is 10.9 Å². The second kappa shape index (κ2) is 6.31. The predicted octanol–water partition coefficient (Wildman–Crippen LogP) is 3.44. The summed E-state index contributed by atoms with van der Waals surface area (Å²) in [5.74, 6) is -0.493. The van der Waals surface area contributed by atoms with E-state index in [-0.39, 0.29) is 11.4 Å². The molecule has 2 N–H and O–H groups in total. The summed E-state index contributed by atoms with van der Waals surface area (Å²) < 4.78 is 39.3. The average molecular weight is 347 g/mol. The second-order valence-corrected chi connectivity index (χ2v) is 5.20. The van der Waals surface area contributed by atoms with Gasteiger partial charge in [0, 0.05) is 11.8 Å². The molecule has 3 rings (SSSR count). The van der Waals surface area contributed by atoms with Gasteiger partial charge in [-0.25, -0.2) is 4.68 Å². The van der Waals surface area contributed by atoms with Crippen LogP contribution >= 0.6 is 0 Å². The summed E-state index contributed by atoms with van der Waals surface area (Å²) in [7, 11) is 0. The van der Waals surface area contributed by atoms with Gasteiger partial charge in [-0.15, -0.1) is 0 Å². The van der Waals surface area contributed by atoms with E-state index in [1.54, 1.807) is 30.3 Å². The Labute approximate surface area is 139 Å². The molecule has 0 radical (unpaired) electrons. The molecule has 0 aliphatic rings. The number of carbonyl (C=O) groups is 1. The molecule has 0 saturated carbocycles. The van der Waals surface area contributed by atoms with Gasteiger partial charge in [-0.3, -0.25) is 14.7 Å². The molecule has 128 valence electrons. The number of hydrogen-bond acceptors (Lipinski definition) is 2. The molecule has 0 spiro atoms. The van der Waals surface area contributed by atoms with Crippen molar-refractivity contribution in [3.63, 3.8) is 0 Å². The standard InChI is InChI=1S/C17H12F3N3O2/c18-17(19,20)12-7-4-8-13(9-12)23-16(25)14(10-21-23)22-15(24)11-5-2-1-3-6-11/h1-10,21H,(H,22,24). The van der Waals surface area contributed by atoms with Gasteiger partial charge in [-0.05, 0) is 30.3 Å². The molecule has 3 aromatic rings. The third-order valence-electron chi connectivity index (χ3n) is 3.49. The van der Waals surface area contributed by atoms with Gasteiger partial charge >= 0.3 is 6.18 Å². The number of hydrogen-bond donors (Lipinski definition) is 2. The number of benzene rings is 2. The Hall–Kier alpha value is -3.29. The highest BCUT2D eigenvalue weighted by atomic mass is 19.4. The van der Waals surface area contributed by atoms with E-state index in [0.29, 0.717) is 5.56 Å². The summed E-state index contributed by atoms with van der Waals surface area (Å²) in [5, 5.41) is 4.98. The lowest BCUT2D eigenvalue weighted by Crippen LogP contribution is -2.21. The molecule has 2 aromatic carbocycles. The first-order valence-electron chi connectivity index (χ1n) is 7.21. The summed E-state index contributed by atoms with van der Waals surface area (Å²) in [6, 6.07) is 12.6. The van der Waals surface area contributed by atoms with Crippen molar-refractivity contribution >= 4 is 11.6 Å². The lowest BCUT2D eigenvalue weighted by molar-refractivity contribution is -0.137. The fourth-order valence-corrected chi connectivity index (χ4v) is 2.26. The Morgan fingerprint density at radius 3 is 2.44 bits per heavy atom. The highest BCUT2D eigenvalue weighted by molar-refractivity contribution is 6.04. The highest BCUT2D eigenvalue weighted by Gasteiger charge is 2.30. The molecule has 8 heteroatoms. The fraction of sp³-hybridized carbons (Fsp3) is 0.0588. The van der Waals surface area contributed by atoms with Crippen LogP contribution in [0.3, 0.4) is 0 Å². The predicted molar refractivity (Wildman–Crippen MR) is 85.8 cm³/mol. The Bertz CT molecular complexity index is 959. The van der Waals surface area contributed by atoms with E-state index in [1.807, 2.05) is 0 Å². The first-order valence-corrected chi connectivity index (χ1v) is 7.21. The van der Waals surface area contributed by atoms with E-state index in [9.17, 15) is 22.8 Å². The van der Waals surface area contributed by atoms with Gasteiger partial charge < -0.3 is 5.32 Å². The van der Waals surface area contributed by atoms with Crippen LogP contribution in [-0.4, -0.2) is 15.7 Å². The van der Waals surface area contributed by atoms with Gasteiger partial charge in [0.2, 0.25) is 0 Å². The van der Waals surface area contributed by atoms with Gasteiger partial charge in [0.15, 0.2) is 0 Å². The molecule has 0 aliphatic carbocycles. The van der Waals surface area contributed by atoms with Crippen LogP contribution in [0.2, 0.25) is 0 Å². The Morgan fingerprint density at radius 2 is 1.76 bits per heavy atom. The quantitative estimate of drug-likeness (QED) is 0.762. The third kappa shape index (κ3) is 3.47. The van der Waals surface area contributed by atoms with Crippen molar-refractivity contribution in [3.05, 3.63) is 82.3 Å². The monoisotopic (exact) mass is 347 g/mol. The number of anilines is 1. The van der Waals surface area contributed by atoms with Crippen molar-refractivity contribution in [3.8, 4) is 5.69 Å². The smallest absolute Gasteiger partial charge is 0.316 e. The SMILES string of the molecule is O=C(Nc1c[nH]n(-c2cccc(C(F)(F)F)c2)c1=O)c1ccccc1. The van der Waals surface area contributed by atoms with Crippen molar-refractivity contribution in [1.82, 2.24) is 9.78 Å². The minimum absolute atomic E-state index is 0.0139. The van der Waals surface area contributed by atoms with Crippen LogP contribution in [0.5, 0.6) is 0 Å². The number of alkyl halides is 3. The van der Waals surface area contributed by atoms with Crippen LogP contribution in [-0.2, 0) is 6.18 Å². The van der Waals surface area contributed by atoms with Crippen LogP contribution in [0.4, 0.5) is 18.9 Å². The van der Waals surface area contributed by atoms with Gasteiger partial charge in [0.25, 0.3) is 11.5 Å². The van der Waals surface area contributed by atoms with E-state index in [4.69, 9.17) is 0 Å². The first-order chi connectivity index (χ1) is 11.9. The van der Waals surface area contributed by atoms with Gasteiger partial charge in [-0.2, -0.15) is 13.2 Å². The Balaban J connectivity index is 1.90. The minimum atomic E-state index is -4.52. The zero-order valence-corrected chi connectivity index (χ0v) is 12.7. The third-order valence-corrected chi connectivity index (χ3v) is 3.49. The van der Waals surface area contributed by atoms with Crippen molar-refractivity contribution in [2.45, 2.75) is 6.18 Å². The molecular formula is C17H12F3N3O2. The molecule has 1 heterocycles. The maximum absolute atomic E-state index is 12.8. The molecule has 0 saturated heterocycles. The fourth-order valence-electron chi connectivity index (χ4n) is 2.26. The lowest BCUT2D eigenvalue weighted by atomic mass is 10.2. The van der Waals surface area contributed by atoms with Gasteiger partial charge in [0.1, 0.15) is 5.69 Å². The summed E-state index contributed by atoms with van der Waals surface area (Å²) in [5.41, 5.74) is -1.23. The van der Waals surface area contributed by atoms with Crippen molar-refractivity contribution in [1.29, 1.82) is 0 Å². The van der Waals surface area contributed by atoms with E-state index >= 15 is 0 Å². The number of amides is 1. The first kappa shape index (κ1) is 16.6. The molecule has 0 aliphatic heterocycles. The van der Waals surface area contributed by atoms with E-state index in [2.05, 4.69) is 10.4 Å². The summed E-state index contributed by atoms with van der Waals surface area (Å²) in [4.78, 5) is 24.4. The molecule has 1 aromatic heterocycles. The average Bonchev–Trinajstić information content (AvgIpc) is 2.96. The number of carbonyl (C=O) groups excluding carboxylic acids is 1. The van der Waals surface area contributed by atoms with Crippen molar-refractivity contribution in [2.75, 3.05) is 5.32 Å². The Morgan fingerprint density at radius 1 is 1.04 bits per heavy atom. The van der Waals surface area contributed by atoms with Gasteiger partial charge in [-0.1, -0.05) is 24.3 Å².